The minimum atomic E-state index is -0.318. The molecule has 2 heterocycles. The van der Waals surface area contributed by atoms with Crippen LogP contribution in [0.5, 0.6) is 0 Å². The maximum absolute atomic E-state index is 12.3. The lowest BCUT2D eigenvalue weighted by molar-refractivity contribution is -0.143. The lowest BCUT2D eigenvalue weighted by atomic mass is 9.81. The molecule has 3 rings (SSSR count). The van der Waals surface area contributed by atoms with Crippen molar-refractivity contribution >= 4 is 17.7 Å². The molecule has 7 heteroatoms. The third-order valence-electron chi connectivity index (χ3n) is 4.62. The molecule has 1 aliphatic heterocycles. The number of nitrogens with zero attached hydrogens (tertiary/aromatic N) is 3. The summed E-state index contributed by atoms with van der Waals surface area (Å²) >= 11 is 0. The van der Waals surface area contributed by atoms with E-state index < -0.39 is 0 Å². The van der Waals surface area contributed by atoms with Crippen LogP contribution in [0.2, 0.25) is 0 Å². The van der Waals surface area contributed by atoms with Gasteiger partial charge in [0.15, 0.2) is 0 Å². The Morgan fingerprint density at radius 2 is 1.91 bits per heavy atom. The molecule has 2 fully saturated rings. The van der Waals surface area contributed by atoms with Gasteiger partial charge in [-0.25, -0.2) is 0 Å². The van der Waals surface area contributed by atoms with Crippen molar-refractivity contribution in [3.8, 4) is 0 Å². The van der Waals surface area contributed by atoms with Gasteiger partial charge in [0.1, 0.15) is 6.54 Å². The van der Waals surface area contributed by atoms with Crippen LogP contribution in [0.25, 0.3) is 0 Å². The van der Waals surface area contributed by atoms with E-state index >= 15 is 0 Å². The SMILES string of the molecule is Cn1nccc1CNC(=O)CN1C(=O)[C@H]2CCCC[C@@H]2C1=O. The lowest BCUT2D eigenvalue weighted by Crippen LogP contribution is -2.41. The maximum Gasteiger partial charge on any atom is 0.240 e. The Hall–Kier alpha value is -2.18. The Kier molecular flexibility index (Phi) is 3.96. The number of aryl methyl sites for hydroxylation is 1. The molecule has 0 radical (unpaired) electrons. The van der Waals surface area contributed by atoms with E-state index in [1.165, 1.54) is 0 Å². The van der Waals surface area contributed by atoms with Crippen LogP contribution in [0.15, 0.2) is 12.3 Å². The van der Waals surface area contributed by atoms with Crippen molar-refractivity contribution in [2.24, 2.45) is 18.9 Å². The number of aromatic nitrogens is 2. The summed E-state index contributed by atoms with van der Waals surface area (Å²) in [6, 6.07) is 1.81. The minimum absolute atomic E-state index is 0.176. The first-order valence-electron chi connectivity index (χ1n) is 7.66. The van der Waals surface area contributed by atoms with Crippen LogP contribution in [-0.2, 0) is 28.0 Å². The second kappa shape index (κ2) is 5.90. The van der Waals surface area contributed by atoms with Gasteiger partial charge in [0, 0.05) is 13.2 Å². The van der Waals surface area contributed by atoms with Crippen LogP contribution in [0.1, 0.15) is 31.4 Å². The van der Waals surface area contributed by atoms with Gasteiger partial charge in [-0.3, -0.25) is 24.0 Å². The summed E-state index contributed by atoms with van der Waals surface area (Å²) in [5, 5.41) is 6.75. The fourth-order valence-electron chi connectivity index (χ4n) is 3.35. The third-order valence-corrected chi connectivity index (χ3v) is 4.62. The van der Waals surface area contributed by atoms with Crippen molar-refractivity contribution in [3.05, 3.63) is 18.0 Å². The molecule has 1 N–H and O–H groups in total. The minimum Gasteiger partial charge on any atom is -0.349 e. The number of fused-ring (bicyclic) bond motifs is 1. The quantitative estimate of drug-likeness (QED) is 0.806. The number of nitrogens with one attached hydrogen (secondary N) is 1. The number of carbonyl (C=O) groups excluding carboxylic acids is 3. The van der Waals surface area contributed by atoms with Crippen molar-refractivity contribution in [1.82, 2.24) is 20.0 Å². The Labute approximate surface area is 128 Å². The van der Waals surface area contributed by atoms with Crippen LogP contribution in [-0.4, -0.2) is 38.9 Å². The van der Waals surface area contributed by atoms with E-state index in [1.54, 1.807) is 24.0 Å². The maximum atomic E-state index is 12.3. The average Bonchev–Trinajstić information content (AvgIpc) is 3.03. The molecular weight excluding hydrogens is 284 g/mol. The number of amides is 3. The largest absolute Gasteiger partial charge is 0.349 e. The van der Waals surface area contributed by atoms with E-state index in [-0.39, 0.29) is 36.1 Å². The van der Waals surface area contributed by atoms with E-state index in [1.807, 2.05) is 0 Å². The predicted octanol–water partition coefficient (Wildman–Crippen LogP) is 0.211. The molecule has 0 unspecified atom stereocenters. The summed E-state index contributed by atoms with van der Waals surface area (Å²) in [6.45, 7) is 0.154. The summed E-state index contributed by atoms with van der Waals surface area (Å²) in [5.41, 5.74) is 0.862. The molecule has 1 aromatic heterocycles. The molecule has 0 aromatic carbocycles. The molecule has 1 aromatic rings. The molecule has 7 nitrogen and oxygen atoms in total. The van der Waals surface area contributed by atoms with Gasteiger partial charge in [-0.15, -0.1) is 0 Å². The number of carbonyl (C=O) groups is 3. The van der Waals surface area contributed by atoms with Crippen molar-refractivity contribution in [1.29, 1.82) is 0 Å². The molecule has 3 amide bonds. The van der Waals surface area contributed by atoms with Gasteiger partial charge in [-0.1, -0.05) is 12.8 Å². The van der Waals surface area contributed by atoms with Gasteiger partial charge >= 0.3 is 0 Å². The zero-order valence-electron chi connectivity index (χ0n) is 12.6. The van der Waals surface area contributed by atoms with E-state index in [9.17, 15) is 14.4 Å². The standard InChI is InChI=1S/C15H20N4O3/c1-18-10(6-7-17-18)8-16-13(20)9-19-14(21)11-4-2-3-5-12(11)15(19)22/h6-7,11-12H,2-5,8-9H2,1H3,(H,16,20)/t11-,12-/m0/s1. The molecular formula is C15H20N4O3. The molecule has 2 aliphatic rings. The number of imide groups is 1. The molecule has 2 atom stereocenters. The second-order valence-corrected chi connectivity index (χ2v) is 5.98. The molecule has 0 spiro atoms. The Balaban J connectivity index is 1.58. The lowest BCUT2D eigenvalue weighted by Gasteiger charge is -2.19. The number of likely N-dealkylation sites (tertiary alicyclic amines) is 1. The fourth-order valence-corrected chi connectivity index (χ4v) is 3.35. The van der Waals surface area contributed by atoms with E-state index in [2.05, 4.69) is 10.4 Å². The number of hydrogen-bond acceptors (Lipinski definition) is 4. The predicted molar refractivity (Wildman–Crippen MR) is 77.2 cm³/mol. The summed E-state index contributed by atoms with van der Waals surface area (Å²) in [7, 11) is 1.79. The van der Waals surface area contributed by atoms with Crippen LogP contribution in [0.3, 0.4) is 0 Å². The van der Waals surface area contributed by atoms with Crippen molar-refractivity contribution in [2.75, 3.05) is 6.54 Å². The van der Waals surface area contributed by atoms with Crippen LogP contribution in [0, 0.1) is 11.8 Å². The van der Waals surface area contributed by atoms with Gasteiger partial charge in [0.05, 0.1) is 24.1 Å². The normalized spacial score (nSPS) is 24.5. The van der Waals surface area contributed by atoms with Crippen LogP contribution in [0.4, 0.5) is 0 Å². The highest BCUT2D eigenvalue weighted by Crippen LogP contribution is 2.37. The monoisotopic (exact) mass is 304 g/mol. The summed E-state index contributed by atoms with van der Waals surface area (Å²) < 4.78 is 1.67. The number of hydrogen-bond donors (Lipinski definition) is 1. The van der Waals surface area contributed by atoms with Gasteiger partial charge in [-0.2, -0.15) is 5.10 Å². The highest BCUT2D eigenvalue weighted by atomic mass is 16.2. The van der Waals surface area contributed by atoms with Crippen LogP contribution < -0.4 is 5.32 Å². The molecule has 1 saturated carbocycles. The third kappa shape index (κ3) is 2.63. The first-order chi connectivity index (χ1) is 10.6. The zero-order chi connectivity index (χ0) is 15.7. The summed E-state index contributed by atoms with van der Waals surface area (Å²) in [4.78, 5) is 37.7. The van der Waals surface area contributed by atoms with Crippen molar-refractivity contribution in [3.63, 3.8) is 0 Å². The van der Waals surface area contributed by atoms with Crippen LogP contribution >= 0.6 is 0 Å². The van der Waals surface area contributed by atoms with Gasteiger partial charge < -0.3 is 5.32 Å². The fraction of sp³-hybridized carbons (Fsp3) is 0.600. The summed E-state index contributed by atoms with van der Waals surface area (Å²) in [6.07, 6.45) is 5.16. The molecule has 22 heavy (non-hydrogen) atoms. The topological polar surface area (TPSA) is 84.3 Å². The molecule has 118 valence electrons. The van der Waals surface area contributed by atoms with Gasteiger partial charge in [0.25, 0.3) is 0 Å². The average molecular weight is 304 g/mol. The number of rotatable bonds is 4. The first-order valence-corrected chi connectivity index (χ1v) is 7.66. The Bertz CT molecular complexity index is 586. The van der Waals surface area contributed by atoms with Crippen molar-refractivity contribution < 1.29 is 14.4 Å². The molecule has 1 saturated heterocycles. The highest BCUT2D eigenvalue weighted by molar-refractivity contribution is 6.07. The Morgan fingerprint density at radius 3 is 2.45 bits per heavy atom. The molecule has 0 bridgehead atoms. The molecule has 1 aliphatic carbocycles. The van der Waals surface area contributed by atoms with E-state index in [4.69, 9.17) is 0 Å². The summed E-state index contributed by atoms with van der Waals surface area (Å²) in [5.74, 6) is -1.07. The van der Waals surface area contributed by atoms with Gasteiger partial charge in [0.2, 0.25) is 17.7 Å². The highest BCUT2D eigenvalue weighted by Gasteiger charge is 2.48. The smallest absolute Gasteiger partial charge is 0.240 e. The second-order valence-electron chi connectivity index (χ2n) is 5.98. The Morgan fingerprint density at radius 1 is 1.27 bits per heavy atom. The van der Waals surface area contributed by atoms with Crippen molar-refractivity contribution in [2.45, 2.75) is 32.2 Å². The van der Waals surface area contributed by atoms with E-state index in [0.29, 0.717) is 6.54 Å². The van der Waals surface area contributed by atoms with E-state index in [0.717, 1.165) is 36.3 Å². The first kappa shape index (κ1) is 14.7. The van der Waals surface area contributed by atoms with Gasteiger partial charge in [-0.05, 0) is 18.9 Å². The zero-order valence-corrected chi connectivity index (χ0v) is 12.6.